The van der Waals surface area contributed by atoms with Gasteiger partial charge in [0, 0.05) is 18.7 Å². The van der Waals surface area contributed by atoms with E-state index in [9.17, 15) is 9.18 Å². The van der Waals surface area contributed by atoms with Gasteiger partial charge in [0.2, 0.25) is 5.91 Å². The van der Waals surface area contributed by atoms with Crippen LogP contribution in [0.5, 0.6) is 5.75 Å². The van der Waals surface area contributed by atoms with Crippen molar-refractivity contribution >= 4 is 17.3 Å². The minimum atomic E-state index is -0.476. The molecular weight excluding hydrogens is 275 g/mol. The molecule has 1 saturated heterocycles. The Bertz CT molecular complexity index is 564. The van der Waals surface area contributed by atoms with Gasteiger partial charge in [0.1, 0.15) is 0 Å². The zero-order valence-corrected chi connectivity index (χ0v) is 12.2. The number of methoxy groups -OCH3 is 1. The number of carbonyl (C=O) groups excluding carboxylic acids is 1. The molecule has 1 aromatic carbocycles. The Morgan fingerprint density at radius 1 is 1.48 bits per heavy atom. The predicted octanol–water partition coefficient (Wildman–Crippen LogP) is 2.02. The fraction of sp³-hybridized carbons (Fsp3) is 0.533. The number of anilines is 2. The van der Waals surface area contributed by atoms with Crippen LogP contribution in [0, 0.1) is 11.7 Å². The van der Waals surface area contributed by atoms with E-state index < -0.39 is 5.82 Å². The number of hydrogen-bond acceptors (Lipinski definition) is 4. The number of amides is 1. The first-order chi connectivity index (χ1) is 10.2. The Balaban J connectivity index is 2.10. The lowest BCUT2D eigenvalue weighted by Gasteiger charge is -2.31. The third-order valence-corrected chi connectivity index (χ3v) is 4.09. The maximum Gasteiger partial charge on any atom is 0.232 e. The number of carbonyl (C=O) groups is 1. The molecule has 3 rings (SSSR count). The zero-order valence-electron chi connectivity index (χ0n) is 12.2. The van der Waals surface area contributed by atoms with Crippen LogP contribution in [0.1, 0.15) is 13.3 Å². The summed E-state index contributed by atoms with van der Waals surface area (Å²) in [5.41, 5.74) is 1.29. The van der Waals surface area contributed by atoms with E-state index in [4.69, 9.17) is 9.47 Å². The van der Waals surface area contributed by atoms with E-state index in [0.29, 0.717) is 18.9 Å². The van der Waals surface area contributed by atoms with Crippen LogP contribution in [0.2, 0.25) is 0 Å². The van der Waals surface area contributed by atoms with Crippen molar-refractivity contribution < 1.29 is 18.7 Å². The average molecular weight is 294 g/mol. The Morgan fingerprint density at radius 3 is 3.00 bits per heavy atom. The molecule has 6 heteroatoms. The molecule has 1 aromatic rings. The summed E-state index contributed by atoms with van der Waals surface area (Å²) in [6.45, 7) is 3.77. The fourth-order valence-corrected chi connectivity index (χ4v) is 3.07. The number of nitrogens with one attached hydrogen (secondary N) is 1. The van der Waals surface area contributed by atoms with E-state index in [0.717, 1.165) is 18.7 Å². The van der Waals surface area contributed by atoms with E-state index in [-0.39, 0.29) is 23.6 Å². The molecule has 1 fully saturated rings. The smallest absolute Gasteiger partial charge is 0.232 e. The van der Waals surface area contributed by atoms with Crippen LogP contribution in [-0.2, 0) is 9.53 Å². The van der Waals surface area contributed by atoms with Gasteiger partial charge in [-0.2, -0.15) is 0 Å². The summed E-state index contributed by atoms with van der Waals surface area (Å²) in [5.74, 6) is -0.627. The van der Waals surface area contributed by atoms with Gasteiger partial charge in [0.05, 0.1) is 43.7 Å². The molecule has 5 nitrogen and oxygen atoms in total. The number of nitrogens with zero attached hydrogens (tertiary/aromatic N) is 1. The van der Waals surface area contributed by atoms with Crippen LogP contribution in [0.15, 0.2) is 12.1 Å². The van der Waals surface area contributed by atoms with E-state index >= 15 is 0 Å². The number of fused-ring (bicyclic) bond motifs is 2. The lowest BCUT2D eigenvalue weighted by atomic mass is 10.0. The lowest BCUT2D eigenvalue weighted by molar-refractivity contribution is -0.120. The van der Waals surface area contributed by atoms with E-state index in [1.165, 1.54) is 13.2 Å². The maximum absolute atomic E-state index is 13.9. The van der Waals surface area contributed by atoms with Gasteiger partial charge in [0.15, 0.2) is 11.6 Å². The molecule has 0 aromatic heterocycles. The summed E-state index contributed by atoms with van der Waals surface area (Å²) in [6.07, 6.45) is 0.927. The molecule has 2 aliphatic heterocycles. The highest BCUT2D eigenvalue weighted by molar-refractivity contribution is 5.99. The van der Waals surface area contributed by atoms with E-state index in [1.54, 1.807) is 6.07 Å². The van der Waals surface area contributed by atoms with Crippen molar-refractivity contribution in [1.29, 1.82) is 0 Å². The zero-order chi connectivity index (χ0) is 15.0. The van der Waals surface area contributed by atoms with E-state index in [1.807, 2.05) is 0 Å². The average Bonchev–Trinajstić information content (AvgIpc) is 2.91. The van der Waals surface area contributed by atoms with Gasteiger partial charge < -0.3 is 19.7 Å². The summed E-state index contributed by atoms with van der Waals surface area (Å²) in [5, 5.41) is 2.82. The van der Waals surface area contributed by atoms with Crippen LogP contribution in [0.25, 0.3) is 0 Å². The SMILES string of the molecule is CCCN1c2cc(OC)c(F)cc2NC(=O)C2COCC21. The van der Waals surface area contributed by atoms with Gasteiger partial charge in [-0.25, -0.2) is 4.39 Å². The summed E-state index contributed by atoms with van der Waals surface area (Å²) < 4.78 is 24.5. The monoisotopic (exact) mass is 294 g/mol. The molecule has 2 heterocycles. The van der Waals surface area contributed by atoms with Crippen molar-refractivity contribution in [3.63, 3.8) is 0 Å². The lowest BCUT2D eigenvalue weighted by Crippen LogP contribution is -2.43. The van der Waals surface area contributed by atoms with Crippen LogP contribution in [0.3, 0.4) is 0 Å². The standard InChI is InChI=1S/C15H19FN2O3/c1-3-4-18-12-6-14(20-2)10(16)5-11(12)17-15(19)9-7-21-8-13(9)18/h5-6,9,13H,3-4,7-8H2,1-2H3,(H,17,19). The van der Waals surface area contributed by atoms with E-state index in [2.05, 4.69) is 17.1 Å². The molecule has 0 spiro atoms. The highest BCUT2D eigenvalue weighted by Gasteiger charge is 2.41. The molecule has 0 aliphatic carbocycles. The van der Waals surface area contributed by atoms with Crippen molar-refractivity contribution in [3.05, 3.63) is 17.9 Å². The summed E-state index contributed by atoms with van der Waals surface area (Å²) in [6, 6.07) is 2.97. The molecule has 2 aliphatic rings. The molecule has 1 N–H and O–H groups in total. The van der Waals surface area contributed by atoms with Gasteiger partial charge in [-0.3, -0.25) is 4.79 Å². The van der Waals surface area contributed by atoms with Crippen molar-refractivity contribution in [2.45, 2.75) is 19.4 Å². The summed E-state index contributed by atoms with van der Waals surface area (Å²) in [4.78, 5) is 14.4. The largest absolute Gasteiger partial charge is 0.494 e. The highest BCUT2D eigenvalue weighted by atomic mass is 19.1. The molecule has 114 valence electrons. The minimum absolute atomic E-state index is 0.0126. The maximum atomic E-state index is 13.9. The van der Waals surface area contributed by atoms with Gasteiger partial charge >= 0.3 is 0 Å². The summed E-state index contributed by atoms with van der Waals surface area (Å²) in [7, 11) is 1.44. The predicted molar refractivity (Wildman–Crippen MR) is 77.3 cm³/mol. The minimum Gasteiger partial charge on any atom is -0.494 e. The second kappa shape index (κ2) is 5.52. The van der Waals surface area contributed by atoms with Crippen LogP contribution < -0.4 is 15.0 Å². The van der Waals surface area contributed by atoms with Crippen molar-refractivity contribution in [2.75, 3.05) is 37.1 Å². The first-order valence-corrected chi connectivity index (χ1v) is 7.18. The van der Waals surface area contributed by atoms with Crippen LogP contribution >= 0.6 is 0 Å². The number of hydrogen-bond donors (Lipinski definition) is 1. The topological polar surface area (TPSA) is 50.8 Å². The fourth-order valence-electron chi connectivity index (χ4n) is 3.07. The van der Waals surface area contributed by atoms with Gasteiger partial charge in [-0.15, -0.1) is 0 Å². The number of halogens is 1. The van der Waals surface area contributed by atoms with Crippen LogP contribution in [-0.4, -0.2) is 38.8 Å². The number of benzene rings is 1. The van der Waals surface area contributed by atoms with Gasteiger partial charge in [0.25, 0.3) is 0 Å². The van der Waals surface area contributed by atoms with Gasteiger partial charge in [-0.05, 0) is 6.42 Å². The second-order valence-corrected chi connectivity index (χ2v) is 5.40. The molecular formula is C15H19FN2O3. The normalized spacial score (nSPS) is 24.1. The Hall–Kier alpha value is -1.82. The Morgan fingerprint density at radius 2 is 2.29 bits per heavy atom. The molecule has 21 heavy (non-hydrogen) atoms. The molecule has 1 amide bonds. The Labute approximate surface area is 123 Å². The third kappa shape index (κ3) is 2.33. The summed E-state index contributed by atoms with van der Waals surface area (Å²) >= 11 is 0. The molecule has 2 atom stereocenters. The van der Waals surface area contributed by atoms with Crippen molar-refractivity contribution in [3.8, 4) is 5.75 Å². The highest BCUT2D eigenvalue weighted by Crippen LogP contribution is 2.39. The Kier molecular flexibility index (Phi) is 3.71. The second-order valence-electron chi connectivity index (χ2n) is 5.40. The van der Waals surface area contributed by atoms with Crippen molar-refractivity contribution in [1.82, 2.24) is 0 Å². The number of ether oxygens (including phenoxy) is 2. The quantitative estimate of drug-likeness (QED) is 0.926. The molecule has 0 radical (unpaired) electrons. The van der Waals surface area contributed by atoms with Crippen LogP contribution in [0.4, 0.5) is 15.8 Å². The van der Waals surface area contributed by atoms with Gasteiger partial charge in [-0.1, -0.05) is 6.92 Å². The molecule has 2 unspecified atom stereocenters. The first-order valence-electron chi connectivity index (χ1n) is 7.18. The molecule has 0 bridgehead atoms. The van der Waals surface area contributed by atoms with Crippen molar-refractivity contribution in [2.24, 2.45) is 5.92 Å². The third-order valence-electron chi connectivity index (χ3n) is 4.09. The first kappa shape index (κ1) is 14.1. The molecule has 0 saturated carbocycles. The number of rotatable bonds is 3.